The molecule has 0 saturated carbocycles. The van der Waals surface area contributed by atoms with Crippen LogP contribution in [0.3, 0.4) is 0 Å². The van der Waals surface area contributed by atoms with Gasteiger partial charge in [0, 0.05) is 49.5 Å². The topological polar surface area (TPSA) is 47.6 Å². The Hall–Kier alpha value is -2.60. The Morgan fingerprint density at radius 1 is 1.00 bits per heavy atom. The number of nitrogens with one attached hydrogen (secondary N) is 2. The summed E-state index contributed by atoms with van der Waals surface area (Å²) in [5, 5.41) is 6.29. The van der Waals surface area contributed by atoms with E-state index < -0.39 is 0 Å². The number of fused-ring (bicyclic) bond motifs is 1. The first kappa shape index (κ1) is 15.9. The highest BCUT2D eigenvalue weighted by atomic mass is 19.1. The number of carbonyl (C=O) groups excluding carboxylic acids is 1. The minimum Gasteiger partial charge on any atom is -0.369 e. The van der Waals surface area contributed by atoms with Gasteiger partial charge in [-0.05, 0) is 18.2 Å². The fraction of sp³-hybridized carbons (Fsp3) is 0.316. The quantitative estimate of drug-likeness (QED) is 0.902. The van der Waals surface area contributed by atoms with Crippen molar-refractivity contribution in [2.24, 2.45) is 0 Å². The van der Waals surface area contributed by atoms with Crippen LogP contribution in [0, 0.1) is 5.82 Å². The average Bonchev–Trinajstić information content (AvgIpc) is 2.66. The van der Waals surface area contributed by atoms with Crippen LogP contribution in [-0.2, 0) is 13.1 Å². The third-order valence-corrected chi connectivity index (χ3v) is 4.82. The van der Waals surface area contributed by atoms with E-state index in [2.05, 4.69) is 21.6 Å². The zero-order valence-electron chi connectivity index (χ0n) is 14.0. The number of carbonyl (C=O) groups is 1. The zero-order valence-corrected chi connectivity index (χ0v) is 14.0. The van der Waals surface area contributed by atoms with Crippen molar-refractivity contribution in [1.29, 1.82) is 0 Å². The number of piperazine rings is 1. The molecule has 0 atom stereocenters. The van der Waals surface area contributed by atoms with Crippen LogP contribution in [0.1, 0.15) is 11.1 Å². The van der Waals surface area contributed by atoms with Crippen LogP contribution in [0.2, 0.25) is 0 Å². The summed E-state index contributed by atoms with van der Waals surface area (Å²) in [5.74, 6) is -0.291. The molecule has 2 aromatic carbocycles. The second-order valence-electron chi connectivity index (χ2n) is 6.35. The molecule has 0 bridgehead atoms. The highest BCUT2D eigenvalue weighted by Gasteiger charge is 2.28. The number of benzene rings is 2. The lowest BCUT2D eigenvalue weighted by Crippen LogP contribution is -2.47. The zero-order chi connectivity index (χ0) is 17.2. The number of rotatable bonds is 3. The number of urea groups is 1. The molecule has 1 saturated heterocycles. The molecule has 2 aromatic rings. The number of amides is 2. The van der Waals surface area contributed by atoms with E-state index >= 15 is 0 Å². The minimum atomic E-state index is -0.291. The van der Waals surface area contributed by atoms with Crippen molar-refractivity contribution < 1.29 is 9.18 Å². The van der Waals surface area contributed by atoms with Crippen LogP contribution in [-0.4, -0.2) is 32.2 Å². The molecule has 0 aromatic heterocycles. The highest BCUT2D eigenvalue weighted by molar-refractivity contribution is 5.96. The maximum Gasteiger partial charge on any atom is 0.322 e. The lowest BCUT2D eigenvalue weighted by molar-refractivity contribution is 0.244. The summed E-state index contributed by atoms with van der Waals surface area (Å²) in [7, 11) is 0. The second-order valence-corrected chi connectivity index (χ2v) is 6.35. The Labute approximate surface area is 146 Å². The summed E-state index contributed by atoms with van der Waals surface area (Å²) < 4.78 is 14.0. The fourth-order valence-electron chi connectivity index (χ4n) is 3.52. The molecule has 130 valence electrons. The third kappa shape index (κ3) is 3.05. The number of halogens is 1. The van der Waals surface area contributed by atoms with E-state index in [4.69, 9.17) is 0 Å². The molecule has 2 N–H and O–H groups in total. The molecule has 0 spiro atoms. The normalized spacial score (nSPS) is 17.2. The van der Waals surface area contributed by atoms with E-state index in [0.717, 1.165) is 43.1 Å². The van der Waals surface area contributed by atoms with Gasteiger partial charge in [-0.15, -0.1) is 0 Å². The summed E-state index contributed by atoms with van der Waals surface area (Å²) in [4.78, 5) is 16.4. The van der Waals surface area contributed by atoms with Gasteiger partial charge in [0.15, 0.2) is 0 Å². The van der Waals surface area contributed by atoms with Gasteiger partial charge in [-0.1, -0.05) is 24.3 Å². The Balaban J connectivity index is 1.69. The van der Waals surface area contributed by atoms with E-state index in [0.29, 0.717) is 12.1 Å². The molecule has 0 radical (unpaired) electrons. The summed E-state index contributed by atoms with van der Waals surface area (Å²) in [6.07, 6.45) is 0. The highest BCUT2D eigenvalue weighted by Crippen LogP contribution is 2.34. The van der Waals surface area contributed by atoms with Gasteiger partial charge in [0.05, 0.1) is 12.2 Å². The lowest BCUT2D eigenvalue weighted by Gasteiger charge is -2.36. The first-order chi connectivity index (χ1) is 12.2. The second kappa shape index (κ2) is 6.72. The van der Waals surface area contributed by atoms with Crippen molar-refractivity contribution in [1.82, 2.24) is 10.6 Å². The van der Waals surface area contributed by atoms with Gasteiger partial charge in [0.1, 0.15) is 5.82 Å². The van der Waals surface area contributed by atoms with Gasteiger partial charge in [0.25, 0.3) is 0 Å². The Morgan fingerprint density at radius 3 is 2.56 bits per heavy atom. The molecule has 1 fully saturated rings. The van der Waals surface area contributed by atoms with Gasteiger partial charge >= 0.3 is 6.03 Å². The molecule has 25 heavy (non-hydrogen) atoms. The van der Waals surface area contributed by atoms with Gasteiger partial charge in [0.2, 0.25) is 0 Å². The average molecular weight is 340 g/mol. The van der Waals surface area contributed by atoms with Crippen LogP contribution >= 0.6 is 0 Å². The molecule has 5 nitrogen and oxygen atoms in total. The SMILES string of the molecule is O=C1NCc2c(N3CCNCC3)cccc2N1Cc1ccccc1F. The van der Waals surface area contributed by atoms with E-state index in [-0.39, 0.29) is 18.4 Å². The Kier molecular flexibility index (Phi) is 4.28. The van der Waals surface area contributed by atoms with Gasteiger partial charge in [-0.3, -0.25) is 4.90 Å². The van der Waals surface area contributed by atoms with Crippen LogP contribution in [0.15, 0.2) is 42.5 Å². The van der Waals surface area contributed by atoms with Crippen LogP contribution in [0.25, 0.3) is 0 Å². The molecule has 2 amide bonds. The van der Waals surface area contributed by atoms with Gasteiger partial charge in [-0.25, -0.2) is 9.18 Å². The van der Waals surface area contributed by atoms with Crippen molar-refractivity contribution in [3.63, 3.8) is 0 Å². The van der Waals surface area contributed by atoms with Gasteiger partial charge < -0.3 is 15.5 Å². The van der Waals surface area contributed by atoms with Crippen molar-refractivity contribution in [3.8, 4) is 0 Å². The predicted molar refractivity (Wildman–Crippen MR) is 96.3 cm³/mol. The first-order valence-electron chi connectivity index (χ1n) is 8.60. The van der Waals surface area contributed by atoms with Crippen molar-refractivity contribution in [2.75, 3.05) is 36.0 Å². The standard InChI is InChI=1S/C19H21FN4O/c20-16-5-2-1-4-14(16)13-24-18-7-3-6-17(15(18)12-22-19(24)25)23-10-8-21-9-11-23/h1-7,21H,8-13H2,(H,22,25). The predicted octanol–water partition coefficient (Wildman–Crippen LogP) is 2.47. The molecule has 4 rings (SSSR count). The third-order valence-electron chi connectivity index (χ3n) is 4.82. The molecule has 6 heteroatoms. The Bertz CT molecular complexity index is 789. The molecular weight excluding hydrogens is 319 g/mol. The summed E-state index contributed by atoms with van der Waals surface area (Å²) in [5.41, 5.74) is 3.62. The maximum atomic E-state index is 14.0. The van der Waals surface area contributed by atoms with Crippen molar-refractivity contribution in [2.45, 2.75) is 13.1 Å². The summed E-state index contributed by atoms with van der Waals surface area (Å²) in [6, 6.07) is 12.4. The number of hydrogen-bond donors (Lipinski definition) is 2. The van der Waals surface area contributed by atoms with Crippen molar-refractivity contribution in [3.05, 3.63) is 59.4 Å². The first-order valence-corrected chi connectivity index (χ1v) is 8.60. The van der Waals surface area contributed by atoms with Gasteiger partial charge in [-0.2, -0.15) is 0 Å². The van der Waals surface area contributed by atoms with Crippen LogP contribution in [0.4, 0.5) is 20.6 Å². The Morgan fingerprint density at radius 2 is 1.76 bits per heavy atom. The molecular formula is C19H21FN4O. The van der Waals surface area contributed by atoms with Crippen LogP contribution in [0.5, 0.6) is 0 Å². The number of nitrogens with zero attached hydrogens (tertiary/aromatic N) is 2. The molecule has 2 aliphatic rings. The molecule has 2 aliphatic heterocycles. The maximum absolute atomic E-state index is 14.0. The molecule has 0 unspecified atom stereocenters. The van der Waals surface area contributed by atoms with E-state index in [1.807, 2.05) is 12.1 Å². The van der Waals surface area contributed by atoms with Crippen LogP contribution < -0.4 is 20.4 Å². The van der Waals surface area contributed by atoms with E-state index in [1.54, 1.807) is 23.1 Å². The van der Waals surface area contributed by atoms with E-state index in [1.165, 1.54) is 6.07 Å². The number of anilines is 2. The summed E-state index contributed by atoms with van der Waals surface area (Å²) in [6.45, 7) is 4.51. The number of hydrogen-bond acceptors (Lipinski definition) is 3. The van der Waals surface area contributed by atoms with Crippen molar-refractivity contribution >= 4 is 17.4 Å². The van der Waals surface area contributed by atoms with E-state index in [9.17, 15) is 9.18 Å². The molecule has 0 aliphatic carbocycles. The summed E-state index contributed by atoms with van der Waals surface area (Å²) >= 11 is 0. The smallest absolute Gasteiger partial charge is 0.322 e. The minimum absolute atomic E-state index is 0.187. The largest absolute Gasteiger partial charge is 0.369 e. The monoisotopic (exact) mass is 340 g/mol. The fourth-order valence-corrected chi connectivity index (χ4v) is 3.52. The molecule has 2 heterocycles. The lowest BCUT2D eigenvalue weighted by atomic mass is 10.0.